The van der Waals surface area contributed by atoms with E-state index >= 15 is 0 Å². The van der Waals surface area contributed by atoms with E-state index in [1.54, 1.807) is 20.8 Å². The van der Waals surface area contributed by atoms with Crippen LogP contribution in [0.25, 0.3) is 11.3 Å². The quantitative estimate of drug-likeness (QED) is 0.627. The second-order valence-electron chi connectivity index (χ2n) is 5.53. The summed E-state index contributed by atoms with van der Waals surface area (Å²) in [7, 11) is 0. The van der Waals surface area contributed by atoms with Gasteiger partial charge in [-0.3, -0.25) is 10.1 Å². The molecule has 116 valence electrons. The minimum Gasteiger partial charge on any atom is -0.443 e. The van der Waals surface area contributed by atoms with Crippen LogP contribution >= 0.6 is 0 Å². The number of halogens is 1. The Kier molecular flexibility index (Phi) is 3.94. The molecular formula is C14H14FN3O4. The van der Waals surface area contributed by atoms with Crippen molar-refractivity contribution in [2.45, 2.75) is 26.4 Å². The molecular weight excluding hydrogens is 293 g/mol. The van der Waals surface area contributed by atoms with E-state index in [4.69, 9.17) is 4.74 Å². The lowest BCUT2D eigenvalue weighted by atomic mass is 10.1. The maximum atomic E-state index is 14.2. The molecule has 0 spiro atoms. The number of rotatable bonds is 2. The summed E-state index contributed by atoms with van der Waals surface area (Å²) in [6.07, 6.45) is 1.67. The van der Waals surface area contributed by atoms with Gasteiger partial charge in [0.15, 0.2) is 0 Å². The molecule has 0 unspecified atom stereocenters. The van der Waals surface area contributed by atoms with Crippen LogP contribution in [0.15, 0.2) is 30.7 Å². The van der Waals surface area contributed by atoms with Crippen LogP contribution in [-0.4, -0.2) is 26.2 Å². The highest BCUT2D eigenvalue weighted by Crippen LogP contribution is 2.29. The molecule has 0 aliphatic rings. The van der Waals surface area contributed by atoms with Gasteiger partial charge in [0.1, 0.15) is 11.9 Å². The van der Waals surface area contributed by atoms with E-state index in [1.165, 1.54) is 24.7 Å². The van der Waals surface area contributed by atoms with Gasteiger partial charge < -0.3 is 4.74 Å². The van der Waals surface area contributed by atoms with Crippen LogP contribution in [0.1, 0.15) is 20.8 Å². The summed E-state index contributed by atoms with van der Waals surface area (Å²) < 4.78 is 20.4. The number of benzene rings is 1. The van der Waals surface area contributed by atoms with Gasteiger partial charge in [-0.15, -0.1) is 0 Å². The number of ether oxygens (including phenoxy) is 1. The van der Waals surface area contributed by atoms with Crippen LogP contribution in [0.2, 0.25) is 0 Å². The molecule has 7 nitrogen and oxygen atoms in total. The molecule has 0 N–H and O–H groups in total. The zero-order valence-corrected chi connectivity index (χ0v) is 12.2. The van der Waals surface area contributed by atoms with Gasteiger partial charge in [0.2, 0.25) is 5.82 Å². The summed E-state index contributed by atoms with van der Waals surface area (Å²) in [5.74, 6) is -1.03. The fourth-order valence-electron chi connectivity index (χ4n) is 1.81. The van der Waals surface area contributed by atoms with E-state index in [-0.39, 0.29) is 11.3 Å². The average molecular weight is 307 g/mol. The lowest BCUT2D eigenvalue weighted by molar-refractivity contribution is -0.387. The smallest absolute Gasteiger partial charge is 0.420 e. The van der Waals surface area contributed by atoms with E-state index in [9.17, 15) is 19.3 Å². The number of imidazole rings is 1. The van der Waals surface area contributed by atoms with Crippen LogP contribution in [0.4, 0.5) is 14.9 Å². The third-order valence-corrected chi connectivity index (χ3v) is 2.68. The van der Waals surface area contributed by atoms with Crippen molar-refractivity contribution in [1.82, 2.24) is 9.55 Å². The minimum atomic E-state index is -1.03. The molecule has 22 heavy (non-hydrogen) atoms. The van der Waals surface area contributed by atoms with Crippen molar-refractivity contribution in [3.05, 3.63) is 46.7 Å². The molecule has 1 aromatic heterocycles. The van der Waals surface area contributed by atoms with Gasteiger partial charge in [-0.2, -0.15) is 4.39 Å². The van der Waals surface area contributed by atoms with Crippen LogP contribution in [0.3, 0.4) is 0 Å². The summed E-state index contributed by atoms with van der Waals surface area (Å²) in [6, 6.07) is 3.72. The Morgan fingerprint density at radius 1 is 1.41 bits per heavy atom. The Morgan fingerprint density at radius 3 is 2.68 bits per heavy atom. The van der Waals surface area contributed by atoms with Gasteiger partial charge in [-0.05, 0) is 26.8 Å². The molecule has 0 amide bonds. The summed E-state index contributed by atoms with van der Waals surface area (Å²) in [4.78, 5) is 25.9. The molecule has 0 radical (unpaired) electrons. The topological polar surface area (TPSA) is 87.3 Å². The summed E-state index contributed by atoms with van der Waals surface area (Å²) in [5.41, 5.74) is -1.43. The van der Waals surface area contributed by atoms with Crippen LogP contribution < -0.4 is 0 Å². The number of aromatic nitrogens is 2. The first-order valence-electron chi connectivity index (χ1n) is 6.39. The molecule has 0 bridgehead atoms. The lowest BCUT2D eigenvalue weighted by Gasteiger charge is -2.20. The van der Waals surface area contributed by atoms with E-state index in [0.717, 1.165) is 10.6 Å². The van der Waals surface area contributed by atoms with Crippen molar-refractivity contribution in [2.24, 2.45) is 0 Å². The molecule has 0 fully saturated rings. The molecule has 0 saturated carbocycles. The van der Waals surface area contributed by atoms with E-state index in [2.05, 4.69) is 4.98 Å². The zero-order valence-electron chi connectivity index (χ0n) is 12.2. The second kappa shape index (κ2) is 5.55. The highest BCUT2D eigenvalue weighted by molar-refractivity contribution is 5.78. The molecule has 2 aromatic rings. The first-order valence-corrected chi connectivity index (χ1v) is 6.39. The maximum Gasteiger partial charge on any atom is 0.420 e. The Morgan fingerprint density at radius 2 is 2.09 bits per heavy atom. The van der Waals surface area contributed by atoms with E-state index in [0.29, 0.717) is 0 Å². The third-order valence-electron chi connectivity index (χ3n) is 2.68. The molecule has 8 heteroatoms. The summed E-state index contributed by atoms with van der Waals surface area (Å²) >= 11 is 0. The Hall–Kier alpha value is -2.77. The van der Waals surface area contributed by atoms with Gasteiger partial charge in [-0.25, -0.2) is 14.3 Å². The highest BCUT2D eigenvalue weighted by Gasteiger charge is 2.24. The van der Waals surface area contributed by atoms with Crippen LogP contribution in [-0.2, 0) is 4.74 Å². The predicted molar refractivity (Wildman–Crippen MR) is 75.9 cm³/mol. The molecule has 0 saturated heterocycles. The zero-order chi connectivity index (χ0) is 16.5. The van der Waals surface area contributed by atoms with E-state index in [1.807, 2.05) is 0 Å². The van der Waals surface area contributed by atoms with E-state index < -0.39 is 28.1 Å². The first kappa shape index (κ1) is 15.6. The molecule has 0 aliphatic heterocycles. The first-order chi connectivity index (χ1) is 10.2. The van der Waals surface area contributed by atoms with Gasteiger partial charge in [0.25, 0.3) is 0 Å². The Labute approximate surface area is 125 Å². The van der Waals surface area contributed by atoms with Crippen molar-refractivity contribution in [2.75, 3.05) is 0 Å². The second-order valence-corrected chi connectivity index (χ2v) is 5.53. The third kappa shape index (κ3) is 3.11. The predicted octanol–water partition coefficient (Wildman–Crippen LogP) is 3.38. The SMILES string of the molecule is CC(C)(C)OC(=O)n1cncc1-c1cccc([N+](=O)[O-])c1F. The molecule has 1 aromatic carbocycles. The van der Waals surface area contributed by atoms with Gasteiger partial charge in [-0.1, -0.05) is 6.07 Å². The largest absolute Gasteiger partial charge is 0.443 e. The van der Waals surface area contributed by atoms with Gasteiger partial charge in [0.05, 0.1) is 16.8 Å². The number of carbonyl (C=O) groups excluding carboxylic acids is 1. The fraction of sp³-hybridized carbons (Fsp3) is 0.286. The number of nitro benzene ring substituents is 1. The number of nitrogens with zero attached hydrogens (tertiary/aromatic N) is 3. The van der Waals surface area contributed by atoms with Crippen molar-refractivity contribution in [1.29, 1.82) is 0 Å². The number of nitro groups is 1. The van der Waals surface area contributed by atoms with Crippen molar-refractivity contribution in [3.8, 4) is 11.3 Å². The number of hydrogen-bond donors (Lipinski definition) is 0. The van der Waals surface area contributed by atoms with Crippen molar-refractivity contribution in [3.63, 3.8) is 0 Å². The number of hydrogen-bond acceptors (Lipinski definition) is 5. The molecule has 1 heterocycles. The van der Waals surface area contributed by atoms with Crippen molar-refractivity contribution < 1.29 is 18.8 Å². The highest BCUT2D eigenvalue weighted by atomic mass is 19.1. The Balaban J connectivity index is 2.48. The van der Waals surface area contributed by atoms with Gasteiger partial charge >= 0.3 is 11.8 Å². The summed E-state index contributed by atoms with van der Waals surface area (Å²) in [5, 5.41) is 10.8. The maximum absolute atomic E-state index is 14.2. The van der Waals surface area contributed by atoms with Crippen LogP contribution in [0.5, 0.6) is 0 Å². The molecule has 0 aliphatic carbocycles. The average Bonchev–Trinajstić information content (AvgIpc) is 2.85. The summed E-state index contributed by atoms with van der Waals surface area (Å²) in [6.45, 7) is 5.07. The lowest BCUT2D eigenvalue weighted by Crippen LogP contribution is -2.27. The Bertz CT molecular complexity index is 734. The normalized spacial score (nSPS) is 11.3. The fourth-order valence-corrected chi connectivity index (χ4v) is 1.81. The monoisotopic (exact) mass is 307 g/mol. The van der Waals surface area contributed by atoms with Crippen molar-refractivity contribution >= 4 is 11.8 Å². The minimum absolute atomic E-state index is 0.0791. The van der Waals surface area contributed by atoms with Gasteiger partial charge in [0, 0.05) is 11.6 Å². The molecule has 2 rings (SSSR count). The molecule has 0 atom stereocenters. The van der Waals surface area contributed by atoms with Crippen LogP contribution in [0, 0.1) is 15.9 Å². The number of carbonyl (C=O) groups is 1. The standard InChI is InChI=1S/C14H14FN3O4/c1-14(2,3)22-13(19)17-8-16-7-11(17)9-5-4-6-10(12(9)15)18(20)21/h4-8H,1-3H3.